The lowest BCUT2D eigenvalue weighted by Gasteiger charge is -2.02. The SMILES string of the molecule is COC(=O)C1=C(O)/C(=C\c2cccn2C)SC1=Nc1ccc(Cl)cc1. The van der Waals surface area contributed by atoms with E-state index in [2.05, 4.69) is 4.99 Å². The maximum Gasteiger partial charge on any atom is 0.344 e. The summed E-state index contributed by atoms with van der Waals surface area (Å²) >= 11 is 7.10. The van der Waals surface area contributed by atoms with Gasteiger partial charge >= 0.3 is 5.97 Å². The van der Waals surface area contributed by atoms with Gasteiger partial charge in [-0.3, -0.25) is 0 Å². The number of rotatable bonds is 3. The molecule has 1 N–H and O–H groups in total. The van der Waals surface area contributed by atoms with E-state index in [1.54, 1.807) is 30.3 Å². The van der Waals surface area contributed by atoms with Crippen LogP contribution in [0.2, 0.25) is 5.02 Å². The summed E-state index contributed by atoms with van der Waals surface area (Å²) in [6, 6.07) is 10.7. The van der Waals surface area contributed by atoms with Crippen molar-refractivity contribution in [1.29, 1.82) is 0 Å². The Bertz CT molecular complexity index is 911. The van der Waals surface area contributed by atoms with Gasteiger partial charge in [0.15, 0.2) is 0 Å². The van der Waals surface area contributed by atoms with Crippen LogP contribution in [-0.4, -0.2) is 27.8 Å². The first-order valence-corrected chi connectivity index (χ1v) is 8.56. The van der Waals surface area contributed by atoms with Crippen LogP contribution in [0.1, 0.15) is 5.69 Å². The lowest BCUT2D eigenvalue weighted by atomic mass is 10.2. The van der Waals surface area contributed by atoms with Gasteiger partial charge < -0.3 is 14.4 Å². The van der Waals surface area contributed by atoms with Crippen molar-refractivity contribution in [2.24, 2.45) is 12.0 Å². The van der Waals surface area contributed by atoms with Crippen molar-refractivity contribution in [3.8, 4) is 0 Å². The number of benzene rings is 1. The van der Waals surface area contributed by atoms with Crippen molar-refractivity contribution in [1.82, 2.24) is 4.57 Å². The molecule has 0 bridgehead atoms. The number of nitrogens with zero attached hydrogens (tertiary/aromatic N) is 2. The number of hydrogen-bond acceptors (Lipinski definition) is 5. The molecule has 0 unspecified atom stereocenters. The molecule has 5 nitrogen and oxygen atoms in total. The van der Waals surface area contributed by atoms with E-state index in [4.69, 9.17) is 16.3 Å². The molecule has 0 aliphatic carbocycles. The number of esters is 1. The molecular formula is C18H15ClN2O3S. The largest absolute Gasteiger partial charge is 0.506 e. The number of aliphatic hydroxyl groups excluding tert-OH is 1. The molecule has 0 atom stereocenters. The van der Waals surface area contributed by atoms with Crippen LogP contribution in [-0.2, 0) is 16.6 Å². The molecule has 2 heterocycles. The quantitative estimate of drug-likeness (QED) is 0.804. The third-order valence-corrected chi connectivity index (χ3v) is 4.87. The van der Waals surface area contributed by atoms with E-state index in [0.717, 1.165) is 5.69 Å². The van der Waals surface area contributed by atoms with Gasteiger partial charge in [-0.25, -0.2) is 9.79 Å². The molecule has 1 aliphatic heterocycles. The zero-order valence-electron chi connectivity index (χ0n) is 13.6. The molecule has 128 valence electrons. The van der Waals surface area contributed by atoms with Crippen molar-refractivity contribution >= 4 is 46.1 Å². The van der Waals surface area contributed by atoms with Crippen LogP contribution >= 0.6 is 23.4 Å². The molecule has 0 radical (unpaired) electrons. The molecule has 3 rings (SSSR count). The summed E-state index contributed by atoms with van der Waals surface area (Å²) in [5, 5.41) is 11.5. The Labute approximate surface area is 154 Å². The third-order valence-electron chi connectivity index (χ3n) is 3.60. The number of aliphatic imine (C=N–C) groups is 1. The second-order valence-electron chi connectivity index (χ2n) is 5.26. The number of ether oxygens (including phenoxy) is 1. The lowest BCUT2D eigenvalue weighted by molar-refractivity contribution is -0.135. The standard InChI is InChI=1S/C18H15ClN2O3S/c1-21-9-3-4-13(21)10-14-16(22)15(18(23)24-2)17(25-14)20-12-7-5-11(19)6-8-12/h3-10,22H,1-2H3/b14-10+,20-17?. The van der Waals surface area contributed by atoms with Gasteiger partial charge in [0.05, 0.1) is 17.7 Å². The minimum atomic E-state index is -0.631. The van der Waals surface area contributed by atoms with Crippen LogP contribution in [0.3, 0.4) is 0 Å². The molecule has 7 heteroatoms. The summed E-state index contributed by atoms with van der Waals surface area (Å²) in [7, 11) is 3.17. The van der Waals surface area contributed by atoms with Crippen molar-refractivity contribution in [3.05, 3.63) is 69.5 Å². The van der Waals surface area contributed by atoms with Crippen molar-refractivity contribution < 1.29 is 14.6 Å². The Morgan fingerprint density at radius 2 is 2.04 bits per heavy atom. The minimum absolute atomic E-state index is 0.0582. The Hall–Kier alpha value is -2.44. The first-order chi connectivity index (χ1) is 12.0. The number of hydrogen-bond donors (Lipinski definition) is 1. The van der Waals surface area contributed by atoms with E-state index in [1.165, 1.54) is 18.9 Å². The molecule has 0 spiro atoms. The number of thioether (sulfide) groups is 1. The monoisotopic (exact) mass is 374 g/mol. The van der Waals surface area contributed by atoms with E-state index < -0.39 is 5.97 Å². The summed E-state index contributed by atoms with van der Waals surface area (Å²) in [5.74, 6) is -0.765. The summed E-state index contributed by atoms with van der Waals surface area (Å²) in [6.45, 7) is 0. The minimum Gasteiger partial charge on any atom is -0.506 e. The van der Waals surface area contributed by atoms with Crippen molar-refractivity contribution in [2.45, 2.75) is 0 Å². The molecular weight excluding hydrogens is 360 g/mol. The Kier molecular flexibility index (Phi) is 5.01. The van der Waals surface area contributed by atoms with Gasteiger partial charge in [-0.05, 0) is 42.5 Å². The highest BCUT2D eigenvalue weighted by Gasteiger charge is 2.33. The molecule has 1 aromatic heterocycles. The maximum atomic E-state index is 12.1. The average molecular weight is 375 g/mol. The second kappa shape index (κ2) is 7.21. The number of aromatic nitrogens is 1. The average Bonchev–Trinajstić information content (AvgIpc) is 3.13. The Morgan fingerprint density at radius 1 is 1.32 bits per heavy atom. The van der Waals surface area contributed by atoms with E-state index in [0.29, 0.717) is 20.7 Å². The maximum absolute atomic E-state index is 12.1. The molecule has 1 aliphatic rings. The second-order valence-corrected chi connectivity index (χ2v) is 6.73. The van der Waals surface area contributed by atoms with Gasteiger partial charge in [-0.2, -0.15) is 0 Å². The first-order valence-electron chi connectivity index (χ1n) is 7.37. The Morgan fingerprint density at radius 3 is 2.64 bits per heavy atom. The zero-order chi connectivity index (χ0) is 18.0. The van der Waals surface area contributed by atoms with Crippen LogP contribution in [0.15, 0.2) is 63.8 Å². The topological polar surface area (TPSA) is 63.8 Å². The van der Waals surface area contributed by atoms with Gasteiger partial charge in [0.1, 0.15) is 16.4 Å². The molecule has 0 saturated carbocycles. The lowest BCUT2D eigenvalue weighted by Crippen LogP contribution is -2.10. The van der Waals surface area contributed by atoms with Crippen LogP contribution in [0.25, 0.3) is 6.08 Å². The number of halogens is 1. The highest BCUT2D eigenvalue weighted by Crippen LogP contribution is 2.40. The van der Waals surface area contributed by atoms with Gasteiger partial charge in [0.25, 0.3) is 0 Å². The smallest absolute Gasteiger partial charge is 0.344 e. The van der Waals surface area contributed by atoms with Gasteiger partial charge in [-0.1, -0.05) is 23.4 Å². The third kappa shape index (κ3) is 3.65. The number of aryl methyl sites for hydroxylation is 1. The predicted molar refractivity (Wildman–Crippen MR) is 101 cm³/mol. The highest BCUT2D eigenvalue weighted by atomic mass is 35.5. The van der Waals surface area contributed by atoms with Crippen LogP contribution in [0, 0.1) is 0 Å². The summed E-state index contributed by atoms with van der Waals surface area (Å²) < 4.78 is 6.70. The molecule has 1 aromatic carbocycles. The number of carbonyl (C=O) groups is 1. The van der Waals surface area contributed by atoms with E-state index in [-0.39, 0.29) is 11.3 Å². The van der Waals surface area contributed by atoms with Gasteiger partial charge in [0.2, 0.25) is 0 Å². The Balaban J connectivity index is 2.04. The molecule has 25 heavy (non-hydrogen) atoms. The molecule has 0 fully saturated rings. The van der Waals surface area contributed by atoms with E-state index in [9.17, 15) is 9.90 Å². The van der Waals surface area contributed by atoms with E-state index in [1.807, 2.05) is 29.9 Å². The van der Waals surface area contributed by atoms with E-state index >= 15 is 0 Å². The number of carbonyl (C=O) groups excluding carboxylic acids is 1. The van der Waals surface area contributed by atoms with Crippen molar-refractivity contribution in [2.75, 3.05) is 7.11 Å². The van der Waals surface area contributed by atoms with Crippen molar-refractivity contribution in [3.63, 3.8) is 0 Å². The van der Waals surface area contributed by atoms with Gasteiger partial charge in [0, 0.05) is 24.0 Å². The summed E-state index contributed by atoms with van der Waals surface area (Å²) in [5.41, 5.74) is 1.58. The highest BCUT2D eigenvalue weighted by molar-refractivity contribution is 8.18. The normalized spacial score (nSPS) is 17.6. The predicted octanol–water partition coefficient (Wildman–Crippen LogP) is 4.48. The number of aliphatic hydroxyl groups is 1. The summed E-state index contributed by atoms with van der Waals surface area (Å²) in [6.07, 6.45) is 3.70. The molecule has 0 saturated heterocycles. The fraction of sp³-hybridized carbons (Fsp3) is 0.111. The fourth-order valence-corrected chi connectivity index (χ4v) is 3.43. The number of methoxy groups -OCH3 is 1. The fourth-order valence-electron chi connectivity index (χ4n) is 2.28. The van der Waals surface area contributed by atoms with Gasteiger partial charge in [-0.15, -0.1) is 0 Å². The summed E-state index contributed by atoms with van der Waals surface area (Å²) in [4.78, 5) is 17.1. The first kappa shape index (κ1) is 17.4. The molecule has 0 amide bonds. The zero-order valence-corrected chi connectivity index (χ0v) is 15.1. The van der Waals surface area contributed by atoms with Crippen LogP contribution in [0.5, 0.6) is 0 Å². The molecule has 2 aromatic rings. The van der Waals surface area contributed by atoms with Crippen LogP contribution in [0.4, 0.5) is 5.69 Å². The van der Waals surface area contributed by atoms with Crippen LogP contribution < -0.4 is 0 Å².